The Bertz CT molecular complexity index is 268. The predicted molar refractivity (Wildman–Crippen MR) is 58.2 cm³/mol. The normalized spacial score (nSPS) is 24.5. The maximum absolute atomic E-state index is 11.4. The minimum absolute atomic E-state index is 0.00607. The Hall–Kier alpha value is -1.06. The van der Waals surface area contributed by atoms with Gasteiger partial charge in [-0.05, 0) is 33.1 Å². The molecule has 0 heterocycles. The predicted octanol–water partition coefficient (Wildman–Crippen LogP) is 0.673. The van der Waals surface area contributed by atoms with Crippen LogP contribution in [-0.2, 0) is 9.59 Å². The lowest BCUT2D eigenvalue weighted by Crippen LogP contribution is -2.46. The summed E-state index contributed by atoms with van der Waals surface area (Å²) in [5.74, 6) is 0.485. The largest absolute Gasteiger partial charge is 0.350 e. The van der Waals surface area contributed by atoms with E-state index in [0.717, 1.165) is 6.42 Å². The van der Waals surface area contributed by atoms with Gasteiger partial charge >= 0.3 is 0 Å². The van der Waals surface area contributed by atoms with Gasteiger partial charge in [-0.2, -0.15) is 0 Å². The van der Waals surface area contributed by atoms with E-state index in [1.165, 1.54) is 0 Å². The SMILES string of the molecule is C[C@@H]1C[C@@H]1C(=O)NCC(=O)NC(C)(C)C. The lowest BCUT2D eigenvalue weighted by Gasteiger charge is -2.20. The van der Waals surface area contributed by atoms with E-state index in [9.17, 15) is 9.59 Å². The molecule has 1 aliphatic rings. The summed E-state index contributed by atoms with van der Waals surface area (Å²) in [6.45, 7) is 7.86. The van der Waals surface area contributed by atoms with Crippen LogP contribution in [0.15, 0.2) is 0 Å². The van der Waals surface area contributed by atoms with Crippen molar-refractivity contribution in [3.8, 4) is 0 Å². The fourth-order valence-electron chi connectivity index (χ4n) is 1.45. The second-order valence-corrected chi connectivity index (χ2v) is 5.34. The molecule has 0 aromatic carbocycles. The summed E-state index contributed by atoms with van der Waals surface area (Å²) in [5, 5.41) is 5.44. The van der Waals surface area contributed by atoms with Crippen LogP contribution >= 0.6 is 0 Å². The van der Waals surface area contributed by atoms with Gasteiger partial charge in [0.25, 0.3) is 0 Å². The highest BCUT2D eigenvalue weighted by Gasteiger charge is 2.39. The Balaban J connectivity index is 2.20. The topological polar surface area (TPSA) is 58.2 Å². The van der Waals surface area contributed by atoms with Crippen LogP contribution in [0.5, 0.6) is 0 Å². The molecule has 0 radical (unpaired) electrons. The van der Waals surface area contributed by atoms with Gasteiger partial charge < -0.3 is 10.6 Å². The lowest BCUT2D eigenvalue weighted by molar-refractivity contribution is -0.127. The van der Waals surface area contributed by atoms with Gasteiger partial charge in [-0.1, -0.05) is 6.92 Å². The van der Waals surface area contributed by atoms with Crippen molar-refractivity contribution in [3.63, 3.8) is 0 Å². The quantitative estimate of drug-likeness (QED) is 0.722. The molecule has 0 unspecified atom stereocenters. The van der Waals surface area contributed by atoms with Gasteiger partial charge in [0.1, 0.15) is 0 Å². The van der Waals surface area contributed by atoms with Gasteiger partial charge in [-0.25, -0.2) is 0 Å². The van der Waals surface area contributed by atoms with Gasteiger partial charge in [0.05, 0.1) is 6.54 Å². The fourth-order valence-corrected chi connectivity index (χ4v) is 1.45. The summed E-state index contributed by atoms with van der Waals surface area (Å²) < 4.78 is 0. The standard InChI is InChI=1S/C11H20N2O2/c1-7-5-8(7)10(15)12-6-9(14)13-11(2,3)4/h7-8H,5-6H2,1-4H3,(H,12,15)(H,13,14)/t7-,8+/m1/s1. The summed E-state index contributed by atoms with van der Waals surface area (Å²) in [5.41, 5.74) is -0.241. The van der Waals surface area contributed by atoms with Crippen LogP contribution in [0.2, 0.25) is 0 Å². The fraction of sp³-hybridized carbons (Fsp3) is 0.818. The molecule has 0 aliphatic heterocycles. The molecule has 2 amide bonds. The van der Waals surface area contributed by atoms with Crippen molar-refractivity contribution in [2.75, 3.05) is 6.54 Å². The molecule has 1 saturated carbocycles. The van der Waals surface area contributed by atoms with E-state index in [0.29, 0.717) is 5.92 Å². The number of hydrogen-bond acceptors (Lipinski definition) is 2. The van der Waals surface area contributed by atoms with Crippen LogP contribution in [0.3, 0.4) is 0 Å². The van der Waals surface area contributed by atoms with Gasteiger partial charge in [0.15, 0.2) is 0 Å². The van der Waals surface area contributed by atoms with Crippen molar-refractivity contribution in [3.05, 3.63) is 0 Å². The first kappa shape index (κ1) is 12.0. The highest BCUT2D eigenvalue weighted by molar-refractivity contribution is 5.87. The molecule has 1 aliphatic carbocycles. The molecule has 2 atom stereocenters. The third-order valence-corrected chi connectivity index (χ3v) is 2.38. The van der Waals surface area contributed by atoms with E-state index in [2.05, 4.69) is 10.6 Å². The first-order chi connectivity index (χ1) is 6.79. The van der Waals surface area contributed by atoms with E-state index in [1.54, 1.807) is 0 Å². The summed E-state index contributed by atoms with van der Waals surface area (Å²) in [7, 11) is 0. The maximum atomic E-state index is 11.4. The average molecular weight is 212 g/mol. The second kappa shape index (κ2) is 4.21. The Morgan fingerprint density at radius 1 is 1.33 bits per heavy atom. The molecule has 0 aromatic heterocycles. The van der Waals surface area contributed by atoms with Crippen LogP contribution in [0.25, 0.3) is 0 Å². The van der Waals surface area contributed by atoms with Crippen molar-refractivity contribution in [1.82, 2.24) is 10.6 Å². The third kappa shape index (κ3) is 4.32. The monoisotopic (exact) mass is 212 g/mol. The number of amides is 2. The van der Waals surface area contributed by atoms with Crippen LogP contribution in [0.4, 0.5) is 0 Å². The number of carbonyl (C=O) groups is 2. The summed E-state index contributed by atoms with van der Waals surface area (Å²) in [6.07, 6.45) is 0.951. The van der Waals surface area contributed by atoms with Crippen molar-refractivity contribution >= 4 is 11.8 Å². The van der Waals surface area contributed by atoms with Gasteiger partial charge in [0, 0.05) is 11.5 Å². The van der Waals surface area contributed by atoms with Gasteiger partial charge in [0.2, 0.25) is 11.8 Å². The van der Waals surface area contributed by atoms with Crippen molar-refractivity contribution < 1.29 is 9.59 Å². The molecule has 0 saturated heterocycles. The summed E-state index contributed by atoms with van der Waals surface area (Å²) >= 11 is 0. The van der Waals surface area contributed by atoms with Gasteiger partial charge in [-0.3, -0.25) is 9.59 Å². The molecular formula is C11H20N2O2. The molecule has 86 valence electrons. The van der Waals surface area contributed by atoms with Crippen LogP contribution in [0, 0.1) is 11.8 Å². The lowest BCUT2D eigenvalue weighted by atomic mass is 10.1. The first-order valence-corrected chi connectivity index (χ1v) is 5.38. The minimum Gasteiger partial charge on any atom is -0.350 e. The number of nitrogens with one attached hydrogen (secondary N) is 2. The van der Waals surface area contributed by atoms with Crippen LogP contribution in [0.1, 0.15) is 34.1 Å². The van der Waals surface area contributed by atoms with Crippen LogP contribution < -0.4 is 10.6 Å². The van der Waals surface area contributed by atoms with Gasteiger partial charge in [-0.15, -0.1) is 0 Å². The third-order valence-electron chi connectivity index (χ3n) is 2.38. The smallest absolute Gasteiger partial charge is 0.239 e. The van der Waals surface area contributed by atoms with E-state index in [1.807, 2.05) is 27.7 Å². The average Bonchev–Trinajstić information content (AvgIpc) is 2.75. The zero-order chi connectivity index (χ0) is 11.6. The number of carbonyl (C=O) groups excluding carboxylic acids is 2. The summed E-state index contributed by atoms with van der Waals surface area (Å²) in [6, 6.07) is 0. The molecule has 4 heteroatoms. The van der Waals surface area contributed by atoms with Crippen molar-refractivity contribution in [1.29, 1.82) is 0 Å². The Morgan fingerprint density at radius 2 is 1.87 bits per heavy atom. The highest BCUT2D eigenvalue weighted by atomic mass is 16.2. The minimum atomic E-state index is -0.241. The number of hydrogen-bond donors (Lipinski definition) is 2. The zero-order valence-corrected chi connectivity index (χ0v) is 9.89. The molecule has 15 heavy (non-hydrogen) atoms. The molecule has 0 bridgehead atoms. The molecule has 1 rings (SSSR count). The van der Waals surface area contributed by atoms with Crippen molar-refractivity contribution in [2.24, 2.45) is 11.8 Å². The van der Waals surface area contributed by atoms with E-state index < -0.39 is 0 Å². The Labute approximate surface area is 90.8 Å². The van der Waals surface area contributed by atoms with E-state index >= 15 is 0 Å². The van der Waals surface area contributed by atoms with Crippen molar-refractivity contribution in [2.45, 2.75) is 39.7 Å². The van der Waals surface area contributed by atoms with E-state index in [-0.39, 0.29) is 29.8 Å². The molecule has 2 N–H and O–H groups in total. The zero-order valence-electron chi connectivity index (χ0n) is 9.89. The summed E-state index contributed by atoms with van der Waals surface area (Å²) in [4.78, 5) is 22.8. The maximum Gasteiger partial charge on any atom is 0.239 e. The molecule has 0 aromatic rings. The Morgan fingerprint density at radius 3 is 2.27 bits per heavy atom. The molecule has 0 spiro atoms. The number of rotatable bonds is 3. The molecule has 4 nitrogen and oxygen atoms in total. The molecule has 1 fully saturated rings. The first-order valence-electron chi connectivity index (χ1n) is 5.38. The van der Waals surface area contributed by atoms with E-state index in [4.69, 9.17) is 0 Å². The molecular weight excluding hydrogens is 192 g/mol. The Kier molecular flexibility index (Phi) is 3.37. The van der Waals surface area contributed by atoms with Crippen LogP contribution in [-0.4, -0.2) is 23.9 Å². The second-order valence-electron chi connectivity index (χ2n) is 5.34. The highest BCUT2D eigenvalue weighted by Crippen LogP contribution is 2.37.